The van der Waals surface area contributed by atoms with E-state index in [1.165, 1.54) is 10.9 Å². The molecular formula is C29H32BrNO2Si. The zero-order valence-corrected chi connectivity index (χ0v) is 23.2. The van der Waals surface area contributed by atoms with Gasteiger partial charge in [0.1, 0.15) is 6.73 Å². The quantitative estimate of drug-likeness (QED) is 0.129. The average molecular weight is 535 g/mol. The van der Waals surface area contributed by atoms with E-state index in [1.807, 2.05) is 12.1 Å². The van der Waals surface area contributed by atoms with Crippen molar-refractivity contribution in [2.75, 3.05) is 6.61 Å². The predicted octanol–water partition coefficient (Wildman–Crippen LogP) is 8.56. The van der Waals surface area contributed by atoms with E-state index < -0.39 is 8.07 Å². The summed E-state index contributed by atoms with van der Waals surface area (Å²) in [6.07, 6.45) is 0. The number of hydrogen-bond acceptors (Lipinski definition) is 2. The van der Waals surface area contributed by atoms with Crippen molar-refractivity contribution in [2.24, 2.45) is 0 Å². The SMILES string of the molecule is CC(=O)c1ccc(-c2c(-c3ccc(C)cc3Br)n(COCC[Si](C)(C)C)c3ccccc23)cc1. The number of carbonyl (C=O) groups is 1. The number of benzene rings is 3. The Bertz CT molecular complexity index is 1330. The number of rotatable bonds is 8. The fourth-order valence-electron chi connectivity index (χ4n) is 4.23. The van der Waals surface area contributed by atoms with Gasteiger partial charge in [-0.25, -0.2) is 0 Å². The van der Waals surface area contributed by atoms with Crippen LogP contribution in [0.25, 0.3) is 33.3 Å². The summed E-state index contributed by atoms with van der Waals surface area (Å²) in [5.41, 5.74) is 7.56. The maximum Gasteiger partial charge on any atom is 0.159 e. The first-order valence-electron chi connectivity index (χ1n) is 11.7. The molecule has 0 saturated heterocycles. The Morgan fingerprint density at radius 3 is 2.35 bits per heavy atom. The van der Waals surface area contributed by atoms with E-state index >= 15 is 0 Å². The van der Waals surface area contributed by atoms with Crippen molar-refractivity contribution < 1.29 is 9.53 Å². The van der Waals surface area contributed by atoms with Gasteiger partial charge in [-0.3, -0.25) is 4.79 Å². The van der Waals surface area contributed by atoms with Crippen LogP contribution in [-0.4, -0.2) is 25.0 Å². The molecule has 0 aliphatic heterocycles. The second kappa shape index (κ2) is 10.0. The van der Waals surface area contributed by atoms with Gasteiger partial charge < -0.3 is 9.30 Å². The third kappa shape index (κ3) is 5.27. The first kappa shape index (κ1) is 24.6. The van der Waals surface area contributed by atoms with Crippen LogP contribution in [0.15, 0.2) is 71.2 Å². The molecular weight excluding hydrogens is 502 g/mol. The number of halogens is 1. The van der Waals surface area contributed by atoms with Gasteiger partial charge in [0.25, 0.3) is 0 Å². The van der Waals surface area contributed by atoms with Crippen LogP contribution in [0.3, 0.4) is 0 Å². The molecule has 0 unspecified atom stereocenters. The lowest BCUT2D eigenvalue weighted by atomic mass is 9.96. The number of aryl methyl sites for hydroxylation is 1. The van der Waals surface area contributed by atoms with Crippen molar-refractivity contribution in [2.45, 2.75) is 46.3 Å². The molecule has 0 saturated carbocycles. The summed E-state index contributed by atoms with van der Waals surface area (Å²) < 4.78 is 9.62. The number of para-hydroxylation sites is 1. The summed E-state index contributed by atoms with van der Waals surface area (Å²) in [5.74, 6) is 0.0753. The molecule has 0 fully saturated rings. The normalized spacial score (nSPS) is 11.8. The Morgan fingerprint density at radius 2 is 1.71 bits per heavy atom. The first-order valence-corrected chi connectivity index (χ1v) is 16.2. The number of ether oxygens (including phenoxy) is 1. The van der Waals surface area contributed by atoms with E-state index in [0.29, 0.717) is 6.73 Å². The van der Waals surface area contributed by atoms with E-state index in [-0.39, 0.29) is 5.78 Å². The van der Waals surface area contributed by atoms with Crippen LogP contribution in [-0.2, 0) is 11.5 Å². The minimum Gasteiger partial charge on any atom is -0.361 e. The van der Waals surface area contributed by atoms with E-state index in [1.54, 1.807) is 6.92 Å². The number of fused-ring (bicyclic) bond motifs is 1. The number of nitrogens with zero attached hydrogens (tertiary/aromatic N) is 1. The molecule has 4 aromatic rings. The number of hydrogen-bond donors (Lipinski definition) is 0. The Labute approximate surface area is 211 Å². The van der Waals surface area contributed by atoms with Crippen molar-refractivity contribution in [3.63, 3.8) is 0 Å². The molecule has 3 nitrogen and oxygen atoms in total. The highest BCUT2D eigenvalue weighted by Gasteiger charge is 2.22. The number of carbonyl (C=O) groups excluding carboxylic acids is 1. The van der Waals surface area contributed by atoms with Crippen LogP contribution >= 0.6 is 15.9 Å². The highest BCUT2D eigenvalue weighted by atomic mass is 79.9. The number of ketones is 1. The van der Waals surface area contributed by atoms with Crippen molar-refractivity contribution in [1.82, 2.24) is 4.57 Å². The summed E-state index contributed by atoms with van der Waals surface area (Å²) in [7, 11) is -1.17. The largest absolute Gasteiger partial charge is 0.361 e. The summed E-state index contributed by atoms with van der Waals surface area (Å²) in [6, 6.07) is 24.1. The van der Waals surface area contributed by atoms with Crippen LogP contribution < -0.4 is 0 Å². The van der Waals surface area contributed by atoms with Crippen LogP contribution in [0.5, 0.6) is 0 Å². The van der Waals surface area contributed by atoms with E-state index in [2.05, 4.69) is 102 Å². The molecule has 0 aliphatic rings. The monoisotopic (exact) mass is 533 g/mol. The van der Waals surface area contributed by atoms with Crippen LogP contribution in [0.4, 0.5) is 0 Å². The Morgan fingerprint density at radius 1 is 1.00 bits per heavy atom. The van der Waals surface area contributed by atoms with Crippen LogP contribution in [0, 0.1) is 6.92 Å². The summed E-state index contributed by atoms with van der Waals surface area (Å²) in [5, 5.41) is 1.18. The van der Waals surface area contributed by atoms with Crippen molar-refractivity contribution in [3.8, 4) is 22.4 Å². The van der Waals surface area contributed by atoms with Crippen molar-refractivity contribution in [1.29, 1.82) is 0 Å². The van der Waals surface area contributed by atoms with Gasteiger partial charge >= 0.3 is 0 Å². The molecule has 0 aliphatic carbocycles. The molecule has 1 heterocycles. The highest BCUT2D eigenvalue weighted by Crippen LogP contribution is 2.43. The summed E-state index contributed by atoms with van der Waals surface area (Å²) >= 11 is 3.83. The standard InChI is InChI=1S/C29H32BrNO2Si/c1-20-10-15-24(26(30)18-20)29-28(23-13-11-22(12-14-23)21(2)32)25-8-6-7-9-27(25)31(29)19-33-16-17-34(3,4)5/h6-15,18H,16-17,19H2,1-5H3. The van der Waals surface area contributed by atoms with Crippen molar-refractivity contribution in [3.05, 3.63) is 82.3 Å². The molecule has 4 rings (SSSR count). The number of Topliss-reactive ketones (excluding diaryl/α,β-unsaturated/α-hetero) is 1. The molecule has 0 radical (unpaired) electrons. The molecule has 176 valence electrons. The first-order chi connectivity index (χ1) is 16.2. The molecule has 34 heavy (non-hydrogen) atoms. The second-order valence-electron chi connectivity index (χ2n) is 10.1. The topological polar surface area (TPSA) is 31.2 Å². The average Bonchev–Trinajstić information content (AvgIpc) is 3.10. The van der Waals surface area contributed by atoms with Gasteiger partial charge in [-0.05, 0) is 43.2 Å². The minimum absolute atomic E-state index is 0.0753. The predicted molar refractivity (Wildman–Crippen MR) is 149 cm³/mol. The molecule has 1 aromatic heterocycles. The van der Waals surface area contributed by atoms with E-state index in [9.17, 15) is 4.79 Å². The van der Waals surface area contributed by atoms with Gasteiger partial charge in [-0.2, -0.15) is 0 Å². The molecule has 0 spiro atoms. The van der Waals surface area contributed by atoms with Gasteiger partial charge in [-0.1, -0.05) is 90.2 Å². The fraction of sp³-hybridized carbons (Fsp3) is 0.276. The zero-order chi connectivity index (χ0) is 24.5. The van der Waals surface area contributed by atoms with Gasteiger partial charge in [0.05, 0.1) is 11.2 Å². The van der Waals surface area contributed by atoms with Gasteiger partial charge in [0, 0.05) is 41.2 Å². The smallest absolute Gasteiger partial charge is 0.159 e. The lowest BCUT2D eigenvalue weighted by Gasteiger charge is -2.18. The van der Waals surface area contributed by atoms with Crippen molar-refractivity contribution >= 4 is 40.7 Å². The Hall–Kier alpha value is -2.47. The maximum absolute atomic E-state index is 11.9. The maximum atomic E-state index is 11.9. The van der Waals surface area contributed by atoms with Crippen LogP contribution in [0.1, 0.15) is 22.8 Å². The summed E-state index contributed by atoms with van der Waals surface area (Å²) in [4.78, 5) is 11.9. The molecule has 3 aromatic carbocycles. The molecule has 5 heteroatoms. The third-order valence-corrected chi connectivity index (χ3v) is 8.51. The molecule has 0 N–H and O–H groups in total. The lowest BCUT2D eigenvalue weighted by Crippen LogP contribution is -2.22. The zero-order valence-electron chi connectivity index (χ0n) is 20.6. The number of aromatic nitrogens is 1. The minimum atomic E-state index is -1.17. The highest BCUT2D eigenvalue weighted by molar-refractivity contribution is 9.10. The lowest BCUT2D eigenvalue weighted by molar-refractivity contribution is 0.0913. The molecule has 0 amide bonds. The fourth-order valence-corrected chi connectivity index (χ4v) is 5.67. The molecule has 0 bridgehead atoms. The molecule has 0 atom stereocenters. The summed E-state index contributed by atoms with van der Waals surface area (Å²) in [6.45, 7) is 12.1. The van der Waals surface area contributed by atoms with E-state index in [4.69, 9.17) is 4.74 Å². The van der Waals surface area contributed by atoms with Gasteiger partial charge in [-0.15, -0.1) is 0 Å². The third-order valence-electron chi connectivity index (χ3n) is 6.15. The van der Waals surface area contributed by atoms with Gasteiger partial charge in [0.15, 0.2) is 5.78 Å². The van der Waals surface area contributed by atoms with E-state index in [0.717, 1.165) is 50.6 Å². The Balaban J connectivity index is 1.91. The van der Waals surface area contributed by atoms with Crippen LogP contribution in [0.2, 0.25) is 25.7 Å². The second-order valence-corrected chi connectivity index (χ2v) is 16.6. The van der Waals surface area contributed by atoms with Gasteiger partial charge in [0.2, 0.25) is 0 Å². The Kier molecular flexibility index (Phi) is 7.27.